The molecule has 0 saturated heterocycles. The fourth-order valence-corrected chi connectivity index (χ4v) is 8.04. The molecule has 3 aromatic carbocycles. The molecule has 316 valence electrons. The average molecular weight is 813 g/mol. The van der Waals surface area contributed by atoms with E-state index in [1.807, 2.05) is 66.7 Å². The summed E-state index contributed by atoms with van der Waals surface area (Å²) >= 11 is 0. The first-order chi connectivity index (χ1) is 28.9. The Morgan fingerprint density at radius 1 is 0.712 bits per heavy atom. The van der Waals surface area contributed by atoms with Crippen LogP contribution in [0.4, 0.5) is 17.6 Å². The number of amides is 1. The first-order valence-corrected chi connectivity index (χ1v) is 22.1. The Kier molecular flexibility index (Phi) is 17.3. The lowest BCUT2D eigenvalue weighted by Gasteiger charge is -2.25. The minimum absolute atomic E-state index is 0.0562. The summed E-state index contributed by atoms with van der Waals surface area (Å²) in [5.74, 6) is -1.34. The van der Waals surface area contributed by atoms with Gasteiger partial charge in [-0.15, -0.1) is 0 Å². The van der Waals surface area contributed by atoms with Crippen LogP contribution in [0.15, 0.2) is 89.2 Å². The topological polar surface area (TPSA) is 59.9 Å². The van der Waals surface area contributed by atoms with Crippen molar-refractivity contribution in [3.05, 3.63) is 118 Å². The van der Waals surface area contributed by atoms with Crippen LogP contribution in [-0.4, -0.2) is 31.3 Å². The molecule has 9 heteroatoms. The van der Waals surface area contributed by atoms with Gasteiger partial charge in [0.15, 0.2) is 11.6 Å². The first kappa shape index (κ1) is 43.9. The molecule has 5 nitrogen and oxygen atoms in total. The lowest BCUT2D eigenvalue weighted by atomic mass is 9.85. The predicted molar refractivity (Wildman–Crippen MR) is 230 cm³/mol. The van der Waals surface area contributed by atoms with Crippen LogP contribution in [0.25, 0.3) is 17.2 Å². The molecule has 59 heavy (non-hydrogen) atoms. The summed E-state index contributed by atoms with van der Waals surface area (Å²) < 4.78 is 62.9. The van der Waals surface area contributed by atoms with Gasteiger partial charge in [-0.05, 0) is 78.1 Å². The van der Waals surface area contributed by atoms with Gasteiger partial charge in [-0.2, -0.15) is 0 Å². The molecule has 0 unspecified atom stereocenters. The van der Waals surface area contributed by atoms with E-state index in [-0.39, 0.29) is 48.0 Å². The predicted octanol–water partition coefficient (Wildman–Crippen LogP) is 13.6. The van der Waals surface area contributed by atoms with Crippen LogP contribution in [-0.2, 0) is 16.1 Å². The van der Waals surface area contributed by atoms with E-state index < -0.39 is 18.1 Å². The second-order valence-electron chi connectivity index (χ2n) is 16.3. The van der Waals surface area contributed by atoms with Crippen molar-refractivity contribution >= 4 is 28.8 Å². The van der Waals surface area contributed by atoms with Gasteiger partial charge in [-0.3, -0.25) is 4.79 Å². The van der Waals surface area contributed by atoms with Crippen molar-refractivity contribution in [3.8, 4) is 5.75 Å². The second-order valence-corrected chi connectivity index (χ2v) is 16.3. The minimum atomic E-state index is -2.25. The zero-order chi connectivity index (χ0) is 41.2. The summed E-state index contributed by atoms with van der Waals surface area (Å²) in [4.78, 5) is 19.8. The number of fused-ring (bicyclic) bond motifs is 3. The van der Waals surface area contributed by atoms with Crippen molar-refractivity contribution in [2.75, 3.05) is 13.2 Å². The number of allylic oxidation sites excluding steroid dienone is 3. The molecule has 3 aliphatic carbocycles. The van der Waals surface area contributed by atoms with Crippen LogP contribution < -0.4 is 10.1 Å². The smallest absolute Gasteiger partial charge is 0.238 e. The van der Waals surface area contributed by atoms with Gasteiger partial charge in [0, 0.05) is 17.6 Å². The number of unbranched alkanes of at least 4 members (excludes halogenated alkanes) is 13. The Labute approximate surface area is 348 Å². The van der Waals surface area contributed by atoms with E-state index in [2.05, 4.69) is 10.5 Å². The molecular formula is C50H60F4N2O3. The zero-order valence-electron chi connectivity index (χ0n) is 34.4. The molecule has 0 spiro atoms. The van der Waals surface area contributed by atoms with E-state index in [4.69, 9.17) is 9.57 Å². The van der Waals surface area contributed by atoms with E-state index in [1.165, 1.54) is 57.4 Å². The number of rotatable bonds is 27. The van der Waals surface area contributed by atoms with Crippen LogP contribution in [0.5, 0.6) is 5.75 Å². The van der Waals surface area contributed by atoms with Crippen molar-refractivity contribution in [2.24, 2.45) is 11.1 Å². The van der Waals surface area contributed by atoms with Crippen LogP contribution in [0.3, 0.4) is 0 Å². The maximum absolute atomic E-state index is 16.4. The summed E-state index contributed by atoms with van der Waals surface area (Å²) in [6.45, 7) is 0.614. The molecule has 1 N–H and O–H groups in total. The molecule has 0 heterocycles. The Morgan fingerprint density at radius 2 is 1.36 bits per heavy atom. The number of carbonyl (C=O) groups is 1. The number of ether oxygens (including phenoxy) is 1. The van der Waals surface area contributed by atoms with Gasteiger partial charge in [0.25, 0.3) is 0 Å². The van der Waals surface area contributed by atoms with Crippen LogP contribution in [0, 0.1) is 17.6 Å². The van der Waals surface area contributed by atoms with E-state index >= 15 is 8.78 Å². The van der Waals surface area contributed by atoms with Crippen LogP contribution in [0.2, 0.25) is 0 Å². The number of nitrogens with one attached hydrogen (secondary N) is 1. The lowest BCUT2D eigenvalue weighted by Crippen LogP contribution is -2.29. The molecule has 1 saturated carbocycles. The Balaban J connectivity index is 1.21. The Bertz CT molecular complexity index is 1950. The second kappa shape index (κ2) is 23.2. The first-order valence-electron chi connectivity index (χ1n) is 22.1. The maximum atomic E-state index is 16.4. The zero-order valence-corrected chi connectivity index (χ0v) is 34.4. The third-order valence-electron chi connectivity index (χ3n) is 11.5. The maximum Gasteiger partial charge on any atom is 0.238 e. The molecule has 0 atom stereocenters. The van der Waals surface area contributed by atoms with Crippen LogP contribution in [0.1, 0.15) is 144 Å². The summed E-state index contributed by atoms with van der Waals surface area (Å²) in [6.07, 6.45) is 20.7. The quantitative estimate of drug-likeness (QED) is 0.0474. The molecule has 1 amide bonds. The summed E-state index contributed by atoms with van der Waals surface area (Å²) in [5.41, 5.74) is 4.75. The highest BCUT2D eigenvalue weighted by Gasteiger charge is 2.35. The number of benzene rings is 3. The summed E-state index contributed by atoms with van der Waals surface area (Å²) in [7, 11) is 0. The molecule has 0 aliphatic heterocycles. The van der Waals surface area contributed by atoms with Gasteiger partial charge in [0.05, 0.1) is 24.3 Å². The van der Waals surface area contributed by atoms with Crippen molar-refractivity contribution in [3.63, 3.8) is 0 Å². The standard InChI is InChI=1S/C50H60F4N2O3/c51-42-29-30-44(58-31-19-10-6-3-5-9-16-26-45(52)53)48(49(42)54)47-43(56-59-32-20-11-7-2-1-4-8-13-21-36-27-28-36)35-40-39-25-18-17-24-38(39)34-41(40)50(47)55-46(57)33-37-22-14-12-15-23-37/h12,14-15,17-18,22-25,29-30,34-36,45H,1-11,13,16,19-21,26-28,31-33H2,(H,55,57)/b56-43+. The van der Waals surface area contributed by atoms with E-state index in [1.54, 1.807) is 0 Å². The number of hydrogen-bond acceptors (Lipinski definition) is 4. The van der Waals surface area contributed by atoms with Gasteiger partial charge in [0.1, 0.15) is 18.1 Å². The van der Waals surface area contributed by atoms with E-state index in [9.17, 15) is 13.6 Å². The fourth-order valence-electron chi connectivity index (χ4n) is 8.04. The third-order valence-corrected chi connectivity index (χ3v) is 11.5. The lowest BCUT2D eigenvalue weighted by molar-refractivity contribution is -0.119. The number of halogens is 4. The Morgan fingerprint density at radius 3 is 2.07 bits per heavy atom. The number of oxime groups is 1. The van der Waals surface area contributed by atoms with Crippen molar-refractivity contribution < 1.29 is 31.9 Å². The number of carbonyl (C=O) groups excluding carboxylic acids is 1. The summed E-state index contributed by atoms with van der Waals surface area (Å²) in [5, 5.41) is 7.69. The third kappa shape index (κ3) is 13.4. The summed E-state index contributed by atoms with van der Waals surface area (Å²) in [6, 6.07) is 19.7. The molecule has 1 fully saturated rings. The number of alkyl halides is 2. The highest BCUT2D eigenvalue weighted by Crippen LogP contribution is 2.46. The van der Waals surface area contributed by atoms with Crippen molar-refractivity contribution in [1.82, 2.24) is 5.32 Å². The number of hydrogen-bond donors (Lipinski definition) is 1. The number of nitrogens with zero attached hydrogens (tertiary/aromatic N) is 1. The molecule has 0 aromatic heterocycles. The normalized spacial score (nSPS) is 15.3. The van der Waals surface area contributed by atoms with Crippen molar-refractivity contribution in [1.29, 1.82) is 0 Å². The Hall–Kier alpha value is -4.66. The highest BCUT2D eigenvalue weighted by molar-refractivity contribution is 6.36. The van der Waals surface area contributed by atoms with Gasteiger partial charge < -0.3 is 14.9 Å². The van der Waals surface area contributed by atoms with E-state index in [0.717, 1.165) is 85.6 Å². The minimum Gasteiger partial charge on any atom is -0.493 e. The van der Waals surface area contributed by atoms with E-state index in [0.29, 0.717) is 30.7 Å². The highest BCUT2D eigenvalue weighted by atomic mass is 19.3. The van der Waals surface area contributed by atoms with Crippen molar-refractivity contribution in [2.45, 2.75) is 135 Å². The molecule has 3 aliphatic rings. The monoisotopic (exact) mass is 812 g/mol. The van der Waals surface area contributed by atoms with Gasteiger partial charge in [-0.1, -0.05) is 150 Å². The molecule has 3 aromatic rings. The average Bonchev–Trinajstić information content (AvgIpc) is 3.99. The SMILES string of the molecule is O=C(Cc1ccccc1)NC1=C(c2c(OCCCCCCCCCC(F)F)ccc(F)c2F)/C(=N/OCCCCCCCCCCC2CC2)C=C2C1=Cc1ccccc12. The van der Waals surface area contributed by atoms with Gasteiger partial charge in [0.2, 0.25) is 12.3 Å². The van der Waals surface area contributed by atoms with Gasteiger partial charge >= 0.3 is 0 Å². The molecule has 0 bridgehead atoms. The van der Waals surface area contributed by atoms with Gasteiger partial charge in [-0.25, -0.2) is 17.6 Å². The largest absolute Gasteiger partial charge is 0.493 e. The molecule has 0 radical (unpaired) electrons. The molecular weight excluding hydrogens is 753 g/mol. The molecule has 6 rings (SSSR count). The van der Waals surface area contributed by atoms with Crippen LogP contribution >= 0.6 is 0 Å². The fraction of sp³-hybridized carbons (Fsp3) is 0.480.